The summed E-state index contributed by atoms with van der Waals surface area (Å²) in [6, 6.07) is 12.7. The molecule has 0 fully saturated rings. The number of urea groups is 1. The van der Waals surface area contributed by atoms with Crippen LogP contribution in [0, 0.1) is 12.7 Å². The molecule has 10 heteroatoms. The van der Waals surface area contributed by atoms with E-state index in [0.29, 0.717) is 23.5 Å². The maximum absolute atomic E-state index is 13.3. The van der Waals surface area contributed by atoms with E-state index in [1.165, 1.54) is 21.9 Å². The lowest BCUT2D eigenvalue weighted by molar-refractivity contribution is -0.137. The lowest BCUT2D eigenvalue weighted by Gasteiger charge is -2.27. The van der Waals surface area contributed by atoms with Gasteiger partial charge in [-0.15, -0.1) is 0 Å². The molecule has 0 bridgehead atoms. The van der Waals surface area contributed by atoms with Crippen molar-refractivity contribution in [2.45, 2.75) is 39.5 Å². The van der Waals surface area contributed by atoms with E-state index in [0.717, 1.165) is 24.3 Å². The van der Waals surface area contributed by atoms with Gasteiger partial charge >= 0.3 is 12.2 Å². The van der Waals surface area contributed by atoms with E-state index >= 15 is 0 Å². The third kappa shape index (κ3) is 7.59. The molecule has 3 amide bonds. The van der Waals surface area contributed by atoms with Crippen molar-refractivity contribution in [1.29, 1.82) is 0 Å². The molecule has 36 heavy (non-hydrogen) atoms. The van der Waals surface area contributed by atoms with E-state index < -0.39 is 23.6 Å². The van der Waals surface area contributed by atoms with E-state index in [-0.39, 0.29) is 37.8 Å². The van der Waals surface area contributed by atoms with Crippen LogP contribution >= 0.6 is 0 Å². The molecule has 0 aliphatic carbocycles. The summed E-state index contributed by atoms with van der Waals surface area (Å²) in [5.74, 6) is 0.471. The number of aryl methyl sites for hydroxylation is 1. The van der Waals surface area contributed by atoms with Crippen LogP contribution in [-0.2, 0) is 24.1 Å². The van der Waals surface area contributed by atoms with Crippen LogP contribution in [0.3, 0.4) is 0 Å². The summed E-state index contributed by atoms with van der Waals surface area (Å²) in [4.78, 5) is 28.9. The Labute approximate surface area is 206 Å². The van der Waals surface area contributed by atoms with Crippen LogP contribution in [-0.4, -0.2) is 34.8 Å². The smallest absolute Gasteiger partial charge is 0.416 e. The van der Waals surface area contributed by atoms with Crippen LogP contribution in [0.5, 0.6) is 0 Å². The van der Waals surface area contributed by atoms with Gasteiger partial charge in [0.2, 0.25) is 5.91 Å². The highest BCUT2D eigenvalue weighted by Gasteiger charge is 2.30. The van der Waals surface area contributed by atoms with Gasteiger partial charge in [-0.3, -0.25) is 4.79 Å². The minimum Gasteiger partial charge on any atom is -0.464 e. The number of nitrogens with one attached hydrogen (secondary N) is 1. The van der Waals surface area contributed by atoms with Crippen LogP contribution in [0.2, 0.25) is 0 Å². The van der Waals surface area contributed by atoms with Crippen molar-refractivity contribution in [1.82, 2.24) is 9.80 Å². The Morgan fingerprint density at radius 3 is 2.14 bits per heavy atom. The normalized spacial score (nSPS) is 11.3. The maximum Gasteiger partial charge on any atom is 0.416 e. The van der Waals surface area contributed by atoms with E-state index in [4.69, 9.17) is 4.42 Å². The molecule has 6 nitrogen and oxygen atoms in total. The largest absolute Gasteiger partial charge is 0.464 e. The highest BCUT2D eigenvalue weighted by atomic mass is 19.4. The second-order valence-electron chi connectivity index (χ2n) is 8.32. The first-order chi connectivity index (χ1) is 17.0. The Hall–Kier alpha value is -3.82. The molecular weight excluding hydrogens is 478 g/mol. The number of anilines is 1. The van der Waals surface area contributed by atoms with Crippen LogP contribution < -0.4 is 5.32 Å². The van der Waals surface area contributed by atoms with Crippen molar-refractivity contribution in [2.75, 3.05) is 18.4 Å². The van der Waals surface area contributed by atoms with Gasteiger partial charge in [0.05, 0.1) is 12.1 Å². The van der Waals surface area contributed by atoms with Crippen molar-refractivity contribution >= 4 is 17.6 Å². The number of hydrogen-bond donors (Lipinski definition) is 1. The quantitative estimate of drug-likeness (QED) is 0.351. The summed E-state index contributed by atoms with van der Waals surface area (Å²) in [6.45, 7) is 3.92. The second-order valence-corrected chi connectivity index (χ2v) is 8.32. The predicted molar refractivity (Wildman–Crippen MR) is 126 cm³/mol. The summed E-state index contributed by atoms with van der Waals surface area (Å²) < 4.78 is 57.3. The molecule has 0 aliphatic heterocycles. The van der Waals surface area contributed by atoms with Gasteiger partial charge < -0.3 is 19.5 Å². The topological polar surface area (TPSA) is 65.8 Å². The second kappa shape index (κ2) is 11.7. The zero-order chi connectivity index (χ0) is 26.3. The number of alkyl halides is 3. The summed E-state index contributed by atoms with van der Waals surface area (Å²) >= 11 is 0. The molecule has 192 valence electrons. The number of furan rings is 1. The Balaban J connectivity index is 1.73. The predicted octanol–water partition coefficient (Wildman–Crippen LogP) is 6.22. The van der Waals surface area contributed by atoms with Gasteiger partial charge in [-0.05, 0) is 67.4 Å². The molecule has 0 saturated heterocycles. The maximum atomic E-state index is 13.3. The summed E-state index contributed by atoms with van der Waals surface area (Å²) in [7, 11) is 0. The number of nitrogens with zero attached hydrogens (tertiary/aromatic N) is 2. The SMILES string of the molecule is CCCN(CC(=O)N(Cc1ccc(F)cc1)Cc1ccc(C)o1)C(=O)Nc1ccc(C(F)(F)F)cc1. The first-order valence-corrected chi connectivity index (χ1v) is 11.4. The van der Waals surface area contributed by atoms with Gasteiger partial charge in [-0.2, -0.15) is 13.2 Å². The highest BCUT2D eigenvalue weighted by Crippen LogP contribution is 2.29. The lowest BCUT2D eigenvalue weighted by Crippen LogP contribution is -2.44. The number of halogens is 4. The van der Waals surface area contributed by atoms with Gasteiger partial charge in [0.1, 0.15) is 23.9 Å². The minimum atomic E-state index is -4.48. The molecule has 0 atom stereocenters. The number of carbonyl (C=O) groups excluding carboxylic acids is 2. The zero-order valence-electron chi connectivity index (χ0n) is 19.9. The van der Waals surface area contributed by atoms with Crippen molar-refractivity contribution in [3.05, 3.63) is 89.1 Å². The summed E-state index contributed by atoms with van der Waals surface area (Å²) in [6.07, 6.45) is -3.92. The number of rotatable bonds is 9. The fraction of sp³-hybridized carbons (Fsp3) is 0.308. The summed E-state index contributed by atoms with van der Waals surface area (Å²) in [5.41, 5.74) is 0.0470. The first-order valence-electron chi connectivity index (χ1n) is 11.4. The average Bonchev–Trinajstić information content (AvgIpc) is 3.24. The van der Waals surface area contributed by atoms with Crippen molar-refractivity contribution in [3.63, 3.8) is 0 Å². The number of benzene rings is 2. The Morgan fingerprint density at radius 1 is 0.917 bits per heavy atom. The fourth-order valence-corrected chi connectivity index (χ4v) is 3.53. The third-order valence-corrected chi connectivity index (χ3v) is 5.35. The summed E-state index contributed by atoms with van der Waals surface area (Å²) in [5, 5.41) is 2.55. The van der Waals surface area contributed by atoms with Crippen LogP contribution in [0.15, 0.2) is 65.1 Å². The zero-order valence-corrected chi connectivity index (χ0v) is 19.9. The Morgan fingerprint density at radius 2 is 1.58 bits per heavy atom. The van der Waals surface area contributed by atoms with E-state index in [1.54, 1.807) is 31.2 Å². The van der Waals surface area contributed by atoms with E-state index in [2.05, 4.69) is 5.32 Å². The first kappa shape index (κ1) is 26.8. The monoisotopic (exact) mass is 505 g/mol. The number of carbonyl (C=O) groups is 2. The van der Waals surface area contributed by atoms with Gasteiger partial charge in [0, 0.05) is 18.8 Å². The molecular formula is C26H27F4N3O3. The van der Waals surface area contributed by atoms with Gasteiger partial charge in [0.15, 0.2) is 0 Å². The molecule has 0 spiro atoms. The molecule has 0 aliphatic rings. The molecule has 1 N–H and O–H groups in total. The molecule has 0 saturated carbocycles. The highest BCUT2D eigenvalue weighted by molar-refractivity contribution is 5.92. The van der Waals surface area contributed by atoms with Crippen LogP contribution in [0.25, 0.3) is 0 Å². The van der Waals surface area contributed by atoms with Gasteiger partial charge in [-0.1, -0.05) is 19.1 Å². The van der Waals surface area contributed by atoms with Gasteiger partial charge in [-0.25, -0.2) is 9.18 Å². The fourth-order valence-electron chi connectivity index (χ4n) is 3.53. The van der Waals surface area contributed by atoms with Crippen molar-refractivity contribution in [3.8, 4) is 0 Å². The molecule has 1 aromatic heterocycles. The molecule has 0 unspecified atom stereocenters. The van der Waals surface area contributed by atoms with Crippen LogP contribution in [0.1, 0.15) is 36.0 Å². The van der Waals surface area contributed by atoms with Crippen molar-refractivity contribution < 1.29 is 31.6 Å². The van der Waals surface area contributed by atoms with E-state index in [9.17, 15) is 27.2 Å². The molecule has 3 aromatic rings. The molecule has 3 rings (SSSR count). The van der Waals surface area contributed by atoms with Gasteiger partial charge in [0.25, 0.3) is 0 Å². The molecule has 0 radical (unpaired) electrons. The number of hydrogen-bond acceptors (Lipinski definition) is 3. The van der Waals surface area contributed by atoms with Crippen LogP contribution in [0.4, 0.5) is 28.0 Å². The van der Waals surface area contributed by atoms with E-state index in [1.807, 2.05) is 6.92 Å². The third-order valence-electron chi connectivity index (χ3n) is 5.35. The number of amides is 3. The Kier molecular flexibility index (Phi) is 8.73. The van der Waals surface area contributed by atoms with Crippen molar-refractivity contribution in [2.24, 2.45) is 0 Å². The lowest BCUT2D eigenvalue weighted by atomic mass is 10.2. The average molecular weight is 506 g/mol. The standard InChI is InChI=1S/C26H27F4N3O3/c1-3-14-32(25(35)31-22-11-7-20(8-12-22)26(28,29)30)17-24(34)33(16-23-13-4-18(2)36-23)15-19-5-9-21(27)10-6-19/h4-13H,3,14-17H2,1-2H3,(H,31,35). The minimum absolute atomic E-state index is 0.143. The Bertz CT molecular complexity index is 1160. The molecule has 2 aromatic carbocycles. The molecule has 1 heterocycles.